The Morgan fingerprint density at radius 2 is 1.30 bits per heavy atom. The van der Waals surface area contributed by atoms with E-state index in [9.17, 15) is 0 Å². The lowest BCUT2D eigenvalue weighted by atomic mass is 9.83. The zero-order chi connectivity index (χ0) is 8.41. The number of hydrogen-bond donors (Lipinski definition) is 0. The van der Waals surface area contributed by atoms with Gasteiger partial charge in [-0.3, -0.25) is 0 Å². The number of hydrogen-bond acceptors (Lipinski definition) is 2. The highest BCUT2D eigenvalue weighted by Gasteiger charge is 2.32. The van der Waals surface area contributed by atoms with Gasteiger partial charge in [0, 0.05) is 4.75 Å². The highest BCUT2D eigenvalue weighted by atomic mass is 33.1. The summed E-state index contributed by atoms with van der Waals surface area (Å²) in [7, 11) is 3.81. The van der Waals surface area contributed by atoms with Crippen LogP contribution in [0.3, 0.4) is 0 Å². The van der Waals surface area contributed by atoms with Gasteiger partial charge in [-0.05, 0) is 25.5 Å². The van der Waals surface area contributed by atoms with Gasteiger partial charge in [0.25, 0.3) is 0 Å². The Bertz CT molecular complexity index is 100. The molecule has 0 atom stereocenters. The molecule has 0 saturated carbocycles. The van der Waals surface area contributed by atoms with Crippen LogP contribution in [0.15, 0.2) is 0 Å². The molecule has 2 heteroatoms. The Morgan fingerprint density at radius 1 is 0.900 bits per heavy atom. The topological polar surface area (TPSA) is 0 Å². The summed E-state index contributed by atoms with van der Waals surface area (Å²) in [6, 6.07) is 0. The quantitative estimate of drug-likeness (QED) is 0.590. The van der Waals surface area contributed by atoms with Crippen LogP contribution < -0.4 is 0 Å². The second-order valence-corrected chi connectivity index (χ2v) is 7.03. The first-order valence-electron chi connectivity index (χ1n) is 3.53. The fraction of sp³-hybridized carbons (Fsp3) is 1.00. The van der Waals surface area contributed by atoms with Crippen molar-refractivity contribution in [2.45, 2.75) is 39.4 Å². The highest BCUT2D eigenvalue weighted by molar-refractivity contribution is 8.76. The van der Waals surface area contributed by atoms with E-state index in [1.54, 1.807) is 0 Å². The van der Waals surface area contributed by atoms with Crippen molar-refractivity contribution in [2.75, 3.05) is 6.26 Å². The molecule has 62 valence electrons. The molecule has 0 N–H and O–H groups in total. The Kier molecular flexibility index (Phi) is 3.64. The molecule has 0 aromatic carbocycles. The van der Waals surface area contributed by atoms with E-state index in [0.29, 0.717) is 10.2 Å². The van der Waals surface area contributed by atoms with Gasteiger partial charge in [-0.2, -0.15) is 0 Å². The van der Waals surface area contributed by atoms with Crippen LogP contribution in [-0.4, -0.2) is 11.0 Å². The van der Waals surface area contributed by atoms with E-state index in [4.69, 9.17) is 0 Å². The van der Waals surface area contributed by atoms with E-state index < -0.39 is 0 Å². The molecule has 10 heavy (non-hydrogen) atoms. The molecule has 0 rings (SSSR count). The lowest BCUT2D eigenvalue weighted by Gasteiger charge is -2.37. The van der Waals surface area contributed by atoms with E-state index in [-0.39, 0.29) is 0 Å². The van der Waals surface area contributed by atoms with Gasteiger partial charge in [-0.15, -0.1) is 0 Å². The van der Waals surface area contributed by atoms with Gasteiger partial charge < -0.3 is 0 Å². The van der Waals surface area contributed by atoms with Crippen molar-refractivity contribution in [3.05, 3.63) is 0 Å². The fourth-order valence-corrected chi connectivity index (χ4v) is 3.00. The van der Waals surface area contributed by atoms with Gasteiger partial charge in [-0.1, -0.05) is 42.4 Å². The molecule has 0 heterocycles. The average Bonchev–Trinajstić information content (AvgIpc) is 1.61. The molecule has 0 spiro atoms. The zero-order valence-electron chi connectivity index (χ0n) is 7.82. The second kappa shape index (κ2) is 3.40. The van der Waals surface area contributed by atoms with Gasteiger partial charge in [0.15, 0.2) is 0 Å². The predicted molar refractivity (Wildman–Crippen MR) is 54.6 cm³/mol. The monoisotopic (exact) mass is 178 g/mol. The molecule has 0 saturated heterocycles. The first-order valence-corrected chi connectivity index (χ1v) is 6.09. The molecule has 0 unspecified atom stereocenters. The molecule has 0 nitrogen and oxygen atoms in total. The summed E-state index contributed by atoms with van der Waals surface area (Å²) < 4.78 is 0.367. The van der Waals surface area contributed by atoms with Crippen molar-refractivity contribution in [3.63, 3.8) is 0 Å². The molecule has 0 aliphatic carbocycles. The van der Waals surface area contributed by atoms with Crippen LogP contribution in [0.2, 0.25) is 0 Å². The summed E-state index contributed by atoms with van der Waals surface area (Å²) in [5.41, 5.74) is 0.390. The summed E-state index contributed by atoms with van der Waals surface area (Å²) in [6.07, 6.45) is 2.14. The van der Waals surface area contributed by atoms with Gasteiger partial charge in [0.2, 0.25) is 0 Å². The van der Waals surface area contributed by atoms with Crippen LogP contribution in [0.4, 0.5) is 0 Å². The average molecular weight is 178 g/mol. The highest BCUT2D eigenvalue weighted by Crippen LogP contribution is 2.45. The van der Waals surface area contributed by atoms with Gasteiger partial charge >= 0.3 is 0 Å². The van der Waals surface area contributed by atoms with E-state index in [1.807, 2.05) is 21.6 Å². The summed E-state index contributed by atoms with van der Waals surface area (Å²) >= 11 is 0. The third kappa shape index (κ3) is 2.75. The van der Waals surface area contributed by atoms with Crippen LogP contribution in [0.25, 0.3) is 0 Å². The first kappa shape index (κ1) is 10.7. The largest absolute Gasteiger partial charge is 0.0970 e. The summed E-state index contributed by atoms with van der Waals surface area (Å²) in [5.74, 6) is 0. The van der Waals surface area contributed by atoms with Crippen LogP contribution in [0.5, 0.6) is 0 Å². The van der Waals surface area contributed by atoms with E-state index in [2.05, 4.69) is 40.9 Å². The minimum Gasteiger partial charge on any atom is -0.0970 e. The van der Waals surface area contributed by atoms with Crippen LogP contribution in [0, 0.1) is 5.41 Å². The van der Waals surface area contributed by atoms with E-state index >= 15 is 0 Å². The predicted octanol–water partition coefficient (Wildman–Crippen LogP) is 3.82. The lowest BCUT2D eigenvalue weighted by molar-refractivity contribution is 0.321. The molecule has 0 aromatic rings. The smallest absolute Gasteiger partial charge is 0.0255 e. The van der Waals surface area contributed by atoms with Gasteiger partial charge in [0.05, 0.1) is 0 Å². The van der Waals surface area contributed by atoms with Crippen molar-refractivity contribution < 1.29 is 0 Å². The first-order chi connectivity index (χ1) is 4.31. The molecule has 0 aliphatic heterocycles. The normalized spacial score (nSPS) is 13.8. The summed E-state index contributed by atoms with van der Waals surface area (Å²) in [5, 5.41) is 0. The van der Waals surface area contributed by atoms with Crippen molar-refractivity contribution >= 4 is 21.6 Å². The molecular weight excluding hydrogens is 160 g/mol. The SMILES string of the molecule is CSSC(C)(C)C(C)(C)C. The van der Waals surface area contributed by atoms with Crippen LogP contribution in [0.1, 0.15) is 34.6 Å². The van der Waals surface area contributed by atoms with Crippen molar-refractivity contribution in [1.82, 2.24) is 0 Å². The molecule has 0 bridgehead atoms. The second-order valence-electron chi connectivity index (χ2n) is 4.01. The van der Waals surface area contributed by atoms with Gasteiger partial charge in [-0.25, -0.2) is 0 Å². The van der Waals surface area contributed by atoms with Gasteiger partial charge in [0.1, 0.15) is 0 Å². The maximum Gasteiger partial charge on any atom is 0.0255 e. The van der Waals surface area contributed by atoms with E-state index in [1.165, 1.54) is 0 Å². The number of rotatable bonds is 2. The molecular formula is C8H18S2. The standard InChI is InChI=1S/C8H18S2/c1-7(2,3)8(4,5)10-9-6/h1-6H3. The molecule has 0 amide bonds. The minimum atomic E-state index is 0.367. The summed E-state index contributed by atoms with van der Waals surface area (Å²) in [4.78, 5) is 0. The Balaban J connectivity index is 4.10. The summed E-state index contributed by atoms with van der Waals surface area (Å²) in [6.45, 7) is 11.5. The third-order valence-corrected chi connectivity index (χ3v) is 5.04. The maximum absolute atomic E-state index is 2.30. The third-order valence-electron chi connectivity index (χ3n) is 2.10. The van der Waals surface area contributed by atoms with Crippen molar-refractivity contribution in [2.24, 2.45) is 5.41 Å². The Morgan fingerprint density at radius 3 is 1.40 bits per heavy atom. The molecule has 0 radical (unpaired) electrons. The Hall–Kier alpha value is 0.700. The van der Waals surface area contributed by atoms with Crippen molar-refractivity contribution in [3.8, 4) is 0 Å². The van der Waals surface area contributed by atoms with Crippen LogP contribution in [-0.2, 0) is 0 Å². The van der Waals surface area contributed by atoms with Crippen molar-refractivity contribution in [1.29, 1.82) is 0 Å². The van der Waals surface area contributed by atoms with Crippen LogP contribution >= 0.6 is 21.6 Å². The lowest BCUT2D eigenvalue weighted by Crippen LogP contribution is -2.32. The molecule has 0 fully saturated rings. The Labute approximate surface area is 72.9 Å². The fourth-order valence-electron chi connectivity index (χ4n) is 0.333. The zero-order valence-corrected chi connectivity index (χ0v) is 9.45. The molecule has 0 aromatic heterocycles. The van der Waals surface area contributed by atoms with E-state index in [0.717, 1.165) is 0 Å². The maximum atomic E-state index is 2.30. The minimum absolute atomic E-state index is 0.367. The molecule has 0 aliphatic rings.